The van der Waals surface area contributed by atoms with Crippen LogP contribution < -0.4 is 5.32 Å². The Morgan fingerprint density at radius 1 is 1.39 bits per heavy atom. The van der Waals surface area contributed by atoms with Crippen LogP contribution in [0.5, 0.6) is 0 Å². The maximum absolute atomic E-state index is 12.1. The number of pyridine rings is 2. The summed E-state index contributed by atoms with van der Waals surface area (Å²) in [6.45, 7) is 3.55. The molecular formula is C17H17BrN4O. The first-order valence-corrected chi connectivity index (χ1v) is 8.30. The molecule has 3 aromatic rings. The van der Waals surface area contributed by atoms with Gasteiger partial charge >= 0.3 is 0 Å². The Kier molecular flexibility index (Phi) is 4.71. The van der Waals surface area contributed by atoms with Gasteiger partial charge in [-0.05, 0) is 53.0 Å². The number of carbonyl (C=O) groups is 1. The molecule has 0 saturated heterocycles. The number of rotatable bonds is 5. The molecule has 0 aliphatic carbocycles. The van der Waals surface area contributed by atoms with Crippen LogP contribution >= 0.6 is 15.9 Å². The zero-order valence-electron chi connectivity index (χ0n) is 12.8. The molecule has 0 spiro atoms. The third-order valence-electron chi connectivity index (χ3n) is 3.70. The minimum atomic E-state index is -0.115. The summed E-state index contributed by atoms with van der Waals surface area (Å²) in [4.78, 5) is 20.6. The van der Waals surface area contributed by atoms with Gasteiger partial charge in [0.25, 0.3) is 5.91 Å². The van der Waals surface area contributed by atoms with Crippen LogP contribution in [-0.2, 0) is 13.0 Å². The zero-order chi connectivity index (χ0) is 16.2. The number of hydrogen-bond acceptors (Lipinski definition) is 3. The SMILES string of the molecule is CCn1cc(CCNC(=O)c2cncc(Br)c2)c2cccnc21. The normalized spacial score (nSPS) is 10.9. The molecule has 0 unspecified atom stereocenters. The van der Waals surface area contributed by atoms with E-state index < -0.39 is 0 Å². The standard InChI is InChI=1S/C17H17BrN4O/c1-2-22-11-12(15-4-3-6-20-16(15)22)5-7-21-17(23)13-8-14(18)10-19-9-13/h3-4,6,8-11H,2,5,7H2,1H3,(H,21,23). The fourth-order valence-corrected chi connectivity index (χ4v) is 2.95. The van der Waals surface area contributed by atoms with E-state index in [4.69, 9.17) is 0 Å². The maximum Gasteiger partial charge on any atom is 0.252 e. The van der Waals surface area contributed by atoms with E-state index >= 15 is 0 Å². The van der Waals surface area contributed by atoms with Gasteiger partial charge in [-0.1, -0.05) is 0 Å². The van der Waals surface area contributed by atoms with Crippen molar-refractivity contribution in [1.29, 1.82) is 0 Å². The Morgan fingerprint density at radius 3 is 3.04 bits per heavy atom. The van der Waals surface area contributed by atoms with E-state index in [9.17, 15) is 4.79 Å². The molecule has 0 aliphatic rings. The van der Waals surface area contributed by atoms with Gasteiger partial charge in [0.05, 0.1) is 5.56 Å². The van der Waals surface area contributed by atoms with Crippen LogP contribution in [-0.4, -0.2) is 27.0 Å². The lowest BCUT2D eigenvalue weighted by molar-refractivity contribution is 0.0953. The van der Waals surface area contributed by atoms with E-state index in [2.05, 4.69) is 55.0 Å². The number of halogens is 1. The van der Waals surface area contributed by atoms with Gasteiger partial charge in [0.1, 0.15) is 5.65 Å². The average molecular weight is 373 g/mol. The summed E-state index contributed by atoms with van der Waals surface area (Å²) in [7, 11) is 0. The van der Waals surface area contributed by atoms with Gasteiger partial charge in [0.15, 0.2) is 0 Å². The summed E-state index contributed by atoms with van der Waals surface area (Å²) in [5.41, 5.74) is 2.74. The third kappa shape index (κ3) is 3.42. The van der Waals surface area contributed by atoms with Crippen LogP contribution in [0.2, 0.25) is 0 Å². The second-order valence-electron chi connectivity index (χ2n) is 5.21. The van der Waals surface area contributed by atoms with E-state index in [1.54, 1.807) is 24.7 Å². The second kappa shape index (κ2) is 6.91. The van der Waals surface area contributed by atoms with E-state index in [-0.39, 0.29) is 5.91 Å². The Labute approximate surface area is 142 Å². The van der Waals surface area contributed by atoms with Gasteiger partial charge in [-0.3, -0.25) is 9.78 Å². The van der Waals surface area contributed by atoms with Crippen LogP contribution in [0.25, 0.3) is 11.0 Å². The molecule has 23 heavy (non-hydrogen) atoms. The van der Waals surface area contributed by atoms with Gasteiger partial charge in [0, 0.05) is 47.7 Å². The largest absolute Gasteiger partial charge is 0.352 e. The first-order valence-electron chi connectivity index (χ1n) is 7.50. The van der Waals surface area contributed by atoms with Crippen LogP contribution in [0.15, 0.2) is 47.5 Å². The summed E-state index contributed by atoms with van der Waals surface area (Å²) in [6.07, 6.45) is 7.91. The van der Waals surface area contributed by atoms with Gasteiger partial charge in [0.2, 0.25) is 0 Å². The van der Waals surface area contributed by atoms with Crippen molar-refractivity contribution in [2.45, 2.75) is 19.9 Å². The molecule has 3 rings (SSSR count). The van der Waals surface area contributed by atoms with Crippen molar-refractivity contribution in [1.82, 2.24) is 19.9 Å². The fourth-order valence-electron chi connectivity index (χ4n) is 2.58. The number of carbonyl (C=O) groups excluding carboxylic acids is 1. The molecule has 1 amide bonds. The second-order valence-corrected chi connectivity index (χ2v) is 6.13. The monoisotopic (exact) mass is 372 g/mol. The number of nitrogens with one attached hydrogen (secondary N) is 1. The molecule has 0 aliphatic heterocycles. The van der Waals surface area contributed by atoms with E-state index in [0.717, 1.165) is 28.5 Å². The molecule has 0 fully saturated rings. The van der Waals surface area contributed by atoms with E-state index in [1.165, 1.54) is 5.56 Å². The molecule has 1 N–H and O–H groups in total. The van der Waals surface area contributed by atoms with Crippen molar-refractivity contribution >= 4 is 32.9 Å². The quantitative estimate of drug-likeness (QED) is 0.747. The highest BCUT2D eigenvalue weighted by Gasteiger charge is 2.10. The van der Waals surface area contributed by atoms with Crippen LogP contribution in [0.3, 0.4) is 0 Å². The van der Waals surface area contributed by atoms with Crippen molar-refractivity contribution in [3.05, 3.63) is 58.6 Å². The predicted molar refractivity (Wildman–Crippen MR) is 93.4 cm³/mol. The van der Waals surface area contributed by atoms with Crippen molar-refractivity contribution in [3.8, 4) is 0 Å². The maximum atomic E-state index is 12.1. The lowest BCUT2D eigenvalue weighted by Crippen LogP contribution is -2.25. The molecule has 6 heteroatoms. The average Bonchev–Trinajstić information content (AvgIpc) is 2.93. The Hall–Kier alpha value is -2.21. The molecule has 0 atom stereocenters. The highest BCUT2D eigenvalue weighted by atomic mass is 79.9. The fraction of sp³-hybridized carbons (Fsp3) is 0.235. The van der Waals surface area contributed by atoms with Gasteiger partial charge in [-0.2, -0.15) is 0 Å². The minimum absolute atomic E-state index is 0.115. The zero-order valence-corrected chi connectivity index (χ0v) is 14.4. The molecule has 0 aromatic carbocycles. The van der Waals surface area contributed by atoms with Crippen molar-refractivity contribution in [3.63, 3.8) is 0 Å². The number of aromatic nitrogens is 3. The predicted octanol–water partition coefficient (Wildman–Crippen LogP) is 3.19. The Morgan fingerprint density at radius 2 is 2.26 bits per heavy atom. The Balaban J connectivity index is 1.68. The highest BCUT2D eigenvalue weighted by Crippen LogP contribution is 2.19. The van der Waals surface area contributed by atoms with Crippen molar-refractivity contribution < 1.29 is 4.79 Å². The smallest absolute Gasteiger partial charge is 0.252 e. The molecular weight excluding hydrogens is 356 g/mol. The van der Waals surface area contributed by atoms with Crippen LogP contribution in [0.1, 0.15) is 22.8 Å². The summed E-state index contributed by atoms with van der Waals surface area (Å²) in [5.74, 6) is -0.115. The number of nitrogens with zero attached hydrogens (tertiary/aromatic N) is 3. The first-order chi connectivity index (χ1) is 11.2. The number of aryl methyl sites for hydroxylation is 1. The molecule has 0 radical (unpaired) electrons. The number of fused-ring (bicyclic) bond motifs is 1. The lowest BCUT2D eigenvalue weighted by Gasteiger charge is -2.05. The topological polar surface area (TPSA) is 59.8 Å². The van der Waals surface area contributed by atoms with Gasteiger partial charge in [-0.15, -0.1) is 0 Å². The lowest BCUT2D eigenvalue weighted by atomic mass is 10.1. The molecule has 5 nitrogen and oxygen atoms in total. The van der Waals surface area contributed by atoms with Gasteiger partial charge < -0.3 is 9.88 Å². The number of hydrogen-bond donors (Lipinski definition) is 1. The summed E-state index contributed by atoms with van der Waals surface area (Å²) in [5, 5.41) is 4.08. The summed E-state index contributed by atoms with van der Waals surface area (Å²) >= 11 is 3.32. The molecule has 118 valence electrons. The van der Waals surface area contributed by atoms with Gasteiger partial charge in [-0.25, -0.2) is 4.98 Å². The molecule has 3 heterocycles. The third-order valence-corrected chi connectivity index (χ3v) is 4.14. The van der Waals surface area contributed by atoms with Crippen LogP contribution in [0, 0.1) is 0 Å². The van der Waals surface area contributed by atoms with Crippen molar-refractivity contribution in [2.24, 2.45) is 0 Å². The molecule has 0 bridgehead atoms. The van der Waals surface area contributed by atoms with Crippen LogP contribution in [0.4, 0.5) is 0 Å². The first kappa shape index (κ1) is 15.7. The molecule has 0 saturated carbocycles. The van der Waals surface area contributed by atoms with E-state index in [0.29, 0.717) is 12.1 Å². The van der Waals surface area contributed by atoms with Crippen molar-refractivity contribution in [2.75, 3.05) is 6.54 Å². The summed E-state index contributed by atoms with van der Waals surface area (Å²) < 4.78 is 2.92. The Bertz CT molecular complexity index is 843. The number of amides is 1. The van der Waals surface area contributed by atoms with E-state index in [1.807, 2.05) is 6.07 Å². The molecule has 3 aromatic heterocycles. The minimum Gasteiger partial charge on any atom is -0.352 e. The highest BCUT2D eigenvalue weighted by molar-refractivity contribution is 9.10. The summed E-state index contributed by atoms with van der Waals surface area (Å²) in [6, 6.07) is 5.77.